The minimum Gasteiger partial charge on any atom is -0.433 e. The summed E-state index contributed by atoms with van der Waals surface area (Å²) in [6.45, 7) is -2.15. The number of likely N-dealkylation sites (N-methyl/N-ethyl adjacent to an activating group) is 1. The molecule has 0 bridgehead atoms. The maximum atomic E-state index is 12.7. The molecule has 1 heterocycles. The van der Waals surface area contributed by atoms with Crippen molar-refractivity contribution in [3.63, 3.8) is 0 Å². The first-order valence-corrected chi connectivity index (χ1v) is 8.11. The van der Waals surface area contributed by atoms with Crippen molar-refractivity contribution in [2.45, 2.75) is 30.4 Å². The van der Waals surface area contributed by atoms with Gasteiger partial charge in [-0.1, -0.05) is 12.1 Å². The fraction of sp³-hybridized carbons (Fsp3) is 0.538. The molecule has 0 spiro atoms. The molecule has 1 fully saturated rings. The Labute approximate surface area is 122 Å². The van der Waals surface area contributed by atoms with Crippen LogP contribution in [0, 0.1) is 0 Å². The first kappa shape index (κ1) is 16.1. The van der Waals surface area contributed by atoms with Gasteiger partial charge in [0.25, 0.3) is 0 Å². The molecule has 1 aliphatic rings. The fourth-order valence-electron chi connectivity index (χ4n) is 2.55. The molecule has 118 valence electrons. The molecule has 0 aromatic heterocycles. The second-order valence-electron chi connectivity index (χ2n) is 4.79. The van der Waals surface area contributed by atoms with Crippen molar-refractivity contribution in [3.8, 4) is 5.75 Å². The van der Waals surface area contributed by atoms with Crippen molar-refractivity contribution < 1.29 is 21.9 Å². The molecule has 1 atom stereocenters. The predicted molar refractivity (Wildman–Crippen MR) is 73.9 cm³/mol. The summed E-state index contributed by atoms with van der Waals surface area (Å²) in [6.07, 6.45) is 1.50. The van der Waals surface area contributed by atoms with Crippen LogP contribution >= 0.6 is 0 Å². The average molecular weight is 320 g/mol. The fourth-order valence-corrected chi connectivity index (χ4v) is 4.36. The van der Waals surface area contributed by atoms with Gasteiger partial charge < -0.3 is 10.1 Å². The number of benzene rings is 1. The van der Waals surface area contributed by atoms with E-state index in [9.17, 15) is 17.2 Å². The van der Waals surface area contributed by atoms with Gasteiger partial charge in [-0.15, -0.1) is 0 Å². The number of para-hydroxylation sites is 1. The van der Waals surface area contributed by atoms with Gasteiger partial charge in [0.2, 0.25) is 10.0 Å². The molecule has 0 aliphatic carbocycles. The molecular weight excluding hydrogens is 302 g/mol. The number of sulfonamides is 1. The molecule has 0 radical (unpaired) electrons. The van der Waals surface area contributed by atoms with E-state index in [4.69, 9.17) is 0 Å². The lowest BCUT2D eigenvalue weighted by Crippen LogP contribution is -2.40. The number of alkyl halides is 2. The largest absolute Gasteiger partial charge is 0.433 e. The summed E-state index contributed by atoms with van der Waals surface area (Å²) in [5.74, 6) is -0.317. The van der Waals surface area contributed by atoms with Gasteiger partial charge in [-0.25, -0.2) is 8.42 Å². The molecule has 5 nitrogen and oxygen atoms in total. The second kappa shape index (κ2) is 6.67. The molecule has 1 aromatic rings. The van der Waals surface area contributed by atoms with Crippen LogP contribution in [0.5, 0.6) is 5.75 Å². The van der Waals surface area contributed by atoms with Crippen molar-refractivity contribution in [1.29, 1.82) is 0 Å². The van der Waals surface area contributed by atoms with Gasteiger partial charge in [-0.3, -0.25) is 0 Å². The number of ether oxygens (including phenoxy) is 1. The first-order valence-electron chi connectivity index (χ1n) is 6.67. The monoisotopic (exact) mass is 320 g/mol. The molecule has 1 aliphatic heterocycles. The molecular formula is C13H18F2N2O3S. The quantitative estimate of drug-likeness (QED) is 0.866. The first-order chi connectivity index (χ1) is 9.96. The normalized spacial score (nSPS) is 20.1. The third kappa shape index (κ3) is 3.50. The van der Waals surface area contributed by atoms with Gasteiger partial charge in [0.05, 0.1) is 0 Å². The van der Waals surface area contributed by atoms with Crippen LogP contribution in [0.15, 0.2) is 29.2 Å². The van der Waals surface area contributed by atoms with E-state index in [1.807, 2.05) is 0 Å². The molecule has 21 heavy (non-hydrogen) atoms. The number of nitrogens with zero attached hydrogens (tertiary/aromatic N) is 1. The highest BCUT2D eigenvalue weighted by atomic mass is 32.2. The number of nitrogens with one attached hydrogen (secondary N) is 1. The summed E-state index contributed by atoms with van der Waals surface area (Å²) in [7, 11) is -2.10. The van der Waals surface area contributed by atoms with E-state index in [1.165, 1.54) is 28.6 Å². The summed E-state index contributed by atoms with van der Waals surface area (Å²) in [4.78, 5) is -0.215. The van der Waals surface area contributed by atoms with E-state index in [0.29, 0.717) is 13.1 Å². The van der Waals surface area contributed by atoms with Gasteiger partial charge in [0.1, 0.15) is 10.6 Å². The van der Waals surface area contributed by atoms with E-state index in [2.05, 4.69) is 10.1 Å². The smallest absolute Gasteiger partial charge is 0.387 e. The minimum absolute atomic E-state index is 0.167. The van der Waals surface area contributed by atoms with E-state index >= 15 is 0 Å². The number of hydrogen-bond acceptors (Lipinski definition) is 4. The second-order valence-corrected chi connectivity index (χ2v) is 6.65. The zero-order valence-electron chi connectivity index (χ0n) is 11.6. The maximum Gasteiger partial charge on any atom is 0.387 e. The highest BCUT2D eigenvalue weighted by Crippen LogP contribution is 2.31. The Morgan fingerprint density at radius 1 is 1.43 bits per heavy atom. The van der Waals surface area contributed by atoms with Gasteiger partial charge >= 0.3 is 6.61 Å². The van der Waals surface area contributed by atoms with Crippen LogP contribution in [-0.2, 0) is 10.0 Å². The molecule has 2 rings (SSSR count). The highest BCUT2D eigenvalue weighted by molar-refractivity contribution is 7.89. The van der Waals surface area contributed by atoms with Crippen molar-refractivity contribution in [1.82, 2.24) is 9.62 Å². The maximum absolute atomic E-state index is 12.7. The van der Waals surface area contributed by atoms with Crippen LogP contribution in [0.1, 0.15) is 12.8 Å². The number of halogens is 2. The molecule has 1 saturated heterocycles. The van der Waals surface area contributed by atoms with Crippen LogP contribution in [0.25, 0.3) is 0 Å². The Morgan fingerprint density at radius 3 is 2.81 bits per heavy atom. The van der Waals surface area contributed by atoms with E-state index in [-0.39, 0.29) is 16.7 Å². The Morgan fingerprint density at radius 2 is 2.14 bits per heavy atom. The molecule has 0 amide bonds. The number of rotatable bonds is 6. The van der Waals surface area contributed by atoms with Gasteiger partial charge in [-0.05, 0) is 32.0 Å². The zero-order valence-corrected chi connectivity index (χ0v) is 12.4. The molecule has 8 heteroatoms. The third-order valence-electron chi connectivity index (χ3n) is 3.41. The van der Waals surface area contributed by atoms with Crippen LogP contribution < -0.4 is 10.1 Å². The topological polar surface area (TPSA) is 58.6 Å². The lowest BCUT2D eigenvalue weighted by atomic mass is 10.2. The molecule has 0 saturated carbocycles. The molecule has 1 aromatic carbocycles. The summed E-state index contributed by atoms with van der Waals surface area (Å²) in [5, 5.41) is 2.95. The summed E-state index contributed by atoms with van der Waals surface area (Å²) in [5.41, 5.74) is 0. The third-order valence-corrected chi connectivity index (χ3v) is 5.41. The number of hydrogen-bond donors (Lipinski definition) is 1. The van der Waals surface area contributed by atoms with E-state index in [0.717, 1.165) is 12.8 Å². The Kier molecular flexibility index (Phi) is 5.13. The lowest BCUT2D eigenvalue weighted by Gasteiger charge is -2.24. The predicted octanol–water partition coefficient (Wildman–Crippen LogP) is 1.66. The van der Waals surface area contributed by atoms with Crippen LogP contribution in [-0.4, -0.2) is 45.5 Å². The summed E-state index contributed by atoms with van der Waals surface area (Å²) in [6, 6.07) is 5.32. The zero-order chi connectivity index (χ0) is 15.5. The molecule has 1 N–H and O–H groups in total. The van der Waals surface area contributed by atoms with Crippen LogP contribution in [0.4, 0.5) is 8.78 Å². The van der Waals surface area contributed by atoms with Gasteiger partial charge in [-0.2, -0.15) is 13.1 Å². The Bertz CT molecular complexity index is 581. The Hall–Kier alpha value is -1.25. The van der Waals surface area contributed by atoms with Crippen molar-refractivity contribution >= 4 is 10.0 Å². The average Bonchev–Trinajstić information content (AvgIpc) is 2.88. The van der Waals surface area contributed by atoms with Crippen LogP contribution in [0.3, 0.4) is 0 Å². The van der Waals surface area contributed by atoms with Crippen molar-refractivity contribution in [2.24, 2.45) is 0 Å². The van der Waals surface area contributed by atoms with Gasteiger partial charge in [0.15, 0.2) is 0 Å². The summed E-state index contributed by atoms with van der Waals surface area (Å²) >= 11 is 0. The molecule has 1 unspecified atom stereocenters. The van der Waals surface area contributed by atoms with Gasteiger partial charge in [0, 0.05) is 19.1 Å². The lowest BCUT2D eigenvalue weighted by molar-refractivity contribution is -0.0517. The van der Waals surface area contributed by atoms with E-state index < -0.39 is 16.6 Å². The Balaban J connectivity index is 2.35. The van der Waals surface area contributed by atoms with E-state index in [1.54, 1.807) is 7.05 Å². The highest BCUT2D eigenvalue weighted by Gasteiger charge is 2.36. The van der Waals surface area contributed by atoms with Crippen molar-refractivity contribution in [2.75, 3.05) is 20.1 Å². The standard InChI is InChI=1S/C13H18F2N2O3S/c1-16-9-10-5-4-8-17(10)21(18,19)12-7-3-2-6-11(12)20-13(14)15/h2-3,6-7,10,13,16H,4-5,8-9H2,1H3. The van der Waals surface area contributed by atoms with Crippen LogP contribution in [0.2, 0.25) is 0 Å². The van der Waals surface area contributed by atoms with Crippen molar-refractivity contribution in [3.05, 3.63) is 24.3 Å². The SMILES string of the molecule is CNCC1CCCN1S(=O)(=O)c1ccccc1OC(F)F. The minimum atomic E-state index is -3.85. The summed E-state index contributed by atoms with van der Waals surface area (Å²) < 4.78 is 55.9.